The van der Waals surface area contributed by atoms with Crippen LogP contribution < -0.4 is 5.32 Å². The van der Waals surface area contributed by atoms with Crippen LogP contribution in [0.3, 0.4) is 0 Å². The lowest BCUT2D eigenvalue weighted by molar-refractivity contribution is 0.470. The Bertz CT molecular complexity index is 498. The average Bonchev–Trinajstić information content (AvgIpc) is 2.94. The molecular weight excluding hydrogens is 228 g/mol. The number of hydrogen-bond donors (Lipinski definition) is 1. The van der Waals surface area contributed by atoms with E-state index in [0.29, 0.717) is 6.04 Å². The third-order valence-corrected chi connectivity index (χ3v) is 3.08. The van der Waals surface area contributed by atoms with Crippen molar-refractivity contribution in [2.45, 2.75) is 32.4 Å². The fourth-order valence-electron chi connectivity index (χ4n) is 2.09. The highest BCUT2D eigenvalue weighted by Gasteiger charge is 2.17. The standard InChI is InChI=1S/C12H20N6/c1-9(2)18-12(15-7-16-18)5-10(13-3)11-6-14-8-17(11)4/h6-10,13H,5H2,1-4H3. The van der Waals surface area contributed by atoms with Crippen molar-refractivity contribution in [2.75, 3.05) is 7.05 Å². The number of aromatic nitrogens is 5. The molecule has 2 aromatic rings. The van der Waals surface area contributed by atoms with E-state index in [0.717, 1.165) is 17.9 Å². The molecule has 1 N–H and O–H groups in total. The Labute approximate surface area is 107 Å². The van der Waals surface area contributed by atoms with Crippen LogP contribution in [0.25, 0.3) is 0 Å². The zero-order valence-electron chi connectivity index (χ0n) is 11.3. The number of likely N-dealkylation sites (N-methyl/N-ethyl adjacent to an activating group) is 1. The molecular formula is C12H20N6. The summed E-state index contributed by atoms with van der Waals surface area (Å²) in [4.78, 5) is 8.50. The number of nitrogens with zero attached hydrogens (tertiary/aromatic N) is 5. The molecule has 0 radical (unpaired) electrons. The van der Waals surface area contributed by atoms with Gasteiger partial charge in [0, 0.05) is 25.7 Å². The van der Waals surface area contributed by atoms with Crippen molar-refractivity contribution < 1.29 is 0 Å². The smallest absolute Gasteiger partial charge is 0.138 e. The Kier molecular flexibility index (Phi) is 3.76. The van der Waals surface area contributed by atoms with Gasteiger partial charge in [-0.05, 0) is 20.9 Å². The van der Waals surface area contributed by atoms with E-state index in [-0.39, 0.29) is 6.04 Å². The maximum Gasteiger partial charge on any atom is 0.138 e. The average molecular weight is 248 g/mol. The van der Waals surface area contributed by atoms with Crippen molar-refractivity contribution >= 4 is 0 Å². The van der Waals surface area contributed by atoms with Gasteiger partial charge in [-0.1, -0.05) is 0 Å². The van der Waals surface area contributed by atoms with Crippen molar-refractivity contribution in [3.63, 3.8) is 0 Å². The first-order valence-electron chi connectivity index (χ1n) is 6.15. The third-order valence-electron chi connectivity index (χ3n) is 3.08. The molecule has 0 fully saturated rings. The van der Waals surface area contributed by atoms with E-state index in [1.807, 2.05) is 35.9 Å². The fourth-order valence-corrected chi connectivity index (χ4v) is 2.09. The highest BCUT2D eigenvalue weighted by atomic mass is 15.3. The van der Waals surface area contributed by atoms with Gasteiger partial charge in [0.25, 0.3) is 0 Å². The van der Waals surface area contributed by atoms with Gasteiger partial charge in [-0.2, -0.15) is 5.10 Å². The van der Waals surface area contributed by atoms with Crippen LogP contribution in [0.4, 0.5) is 0 Å². The molecule has 0 bridgehead atoms. The monoisotopic (exact) mass is 248 g/mol. The van der Waals surface area contributed by atoms with Crippen molar-refractivity contribution in [1.82, 2.24) is 29.6 Å². The van der Waals surface area contributed by atoms with E-state index in [1.54, 1.807) is 6.33 Å². The van der Waals surface area contributed by atoms with Gasteiger partial charge in [0.15, 0.2) is 0 Å². The summed E-state index contributed by atoms with van der Waals surface area (Å²) in [6.07, 6.45) is 6.11. The van der Waals surface area contributed by atoms with Gasteiger partial charge >= 0.3 is 0 Å². The number of rotatable bonds is 5. The minimum absolute atomic E-state index is 0.194. The molecule has 6 heteroatoms. The molecule has 0 saturated heterocycles. The molecule has 0 aliphatic rings. The number of hydrogen-bond acceptors (Lipinski definition) is 4. The van der Waals surface area contributed by atoms with Crippen LogP contribution >= 0.6 is 0 Å². The highest BCUT2D eigenvalue weighted by Crippen LogP contribution is 2.17. The minimum atomic E-state index is 0.194. The predicted molar refractivity (Wildman–Crippen MR) is 69.1 cm³/mol. The van der Waals surface area contributed by atoms with E-state index in [2.05, 4.69) is 34.2 Å². The Morgan fingerprint density at radius 3 is 2.72 bits per heavy atom. The van der Waals surface area contributed by atoms with Crippen LogP contribution in [0.15, 0.2) is 18.9 Å². The summed E-state index contributed by atoms with van der Waals surface area (Å²) >= 11 is 0. The Hall–Kier alpha value is -1.69. The zero-order valence-corrected chi connectivity index (χ0v) is 11.3. The van der Waals surface area contributed by atoms with Crippen molar-refractivity contribution in [3.05, 3.63) is 30.4 Å². The maximum atomic E-state index is 4.35. The molecule has 18 heavy (non-hydrogen) atoms. The van der Waals surface area contributed by atoms with E-state index < -0.39 is 0 Å². The summed E-state index contributed by atoms with van der Waals surface area (Å²) in [5.41, 5.74) is 1.15. The van der Waals surface area contributed by atoms with Crippen LogP contribution in [-0.4, -0.2) is 31.4 Å². The van der Waals surface area contributed by atoms with Gasteiger partial charge in [-0.25, -0.2) is 14.6 Å². The lowest BCUT2D eigenvalue weighted by Crippen LogP contribution is -2.23. The SMILES string of the molecule is CNC(Cc1ncnn1C(C)C)c1cncn1C. The predicted octanol–water partition coefficient (Wildman–Crippen LogP) is 1.10. The molecule has 0 spiro atoms. The lowest BCUT2D eigenvalue weighted by atomic mass is 10.1. The van der Waals surface area contributed by atoms with E-state index in [1.165, 1.54) is 0 Å². The Morgan fingerprint density at radius 2 is 2.17 bits per heavy atom. The summed E-state index contributed by atoms with van der Waals surface area (Å²) < 4.78 is 3.98. The van der Waals surface area contributed by atoms with Gasteiger partial charge < -0.3 is 9.88 Å². The number of nitrogens with one attached hydrogen (secondary N) is 1. The largest absolute Gasteiger partial charge is 0.336 e. The molecule has 2 rings (SSSR count). The second-order valence-corrected chi connectivity index (χ2v) is 4.69. The van der Waals surface area contributed by atoms with Gasteiger partial charge in [0.2, 0.25) is 0 Å². The number of aryl methyl sites for hydroxylation is 1. The van der Waals surface area contributed by atoms with E-state index >= 15 is 0 Å². The topological polar surface area (TPSA) is 60.6 Å². The first-order valence-corrected chi connectivity index (χ1v) is 6.15. The van der Waals surface area contributed by atoms with Gasteiger partial charge in [-0.15, -0.1) is 0 Å². The molecule has 0 saturated carbocycles. The molecule has 0 aliphatic carbocycles. The normalized spacial score (nSPS) is 13.2. The van der Waals surface area contributed by atoms with Crippen molar-refractivity contribution in [3.8, 4) is 0 Å². The summed E-state index contributed by atoms with van der Waals surface area (Å²) in [5, 5.41) is 7.57. The van der Waals surface area contributed by atoms with E-state index in [4.69, 9.17) is 0 Å². The Balaban J connectivity index is 2.21. The first-order chi connectivity index (χ1) is 8.63. The zero-order chi connectivity index (χ0) is 13.1. The molecule has 2 aromatic heterocycles. The number of imidazole rings is 1. The van der Waals surface area contributed by atoms with Crippen molar-refractivity contribution in [1.29, 1.82) is 0 Å². The van der Waals surface area contributed by atoms with Crippen LogP contribution in [0, 0.1) is 0 Å². The second-order valence-electron chi connectivity index (χ2n) is 4.69. The summed E-state index contributed by atoms with van der Waals surface area (Å²) in [5.74, 6) is 0.991. The minimum Gasteiger partial charge on any atom is -0.336 e. The molecule has 6 nitrogen and oxygen atoms in total. The quantitative estimate of drug-likeness (QED) is 0.860. The van der Waals surface area contributed by atoms with Gasteiger partial charge in [-0.3, -0.25) is 0 Å². The molecule has 0 amide bonds. The van der Waals surface area contributed by atoms with Crippen LogP contribution in [0.1, 0.15) is 37.4 Å². The second kappa shape index (κ2) is 5.30. The van der Waals surface area contributed by atoms with Gasteiger partial charge in [0.1, 0.15) is 12.2 Å². The van der Waals surface area contributed by atoms with Crippen LogP contribution in [0.2, 0.25) is 0 Å². The molecule has 0 aliphatic heterocycles. The summed E-state index contributed by atoms with van der Waals surface area (Å²) in [6, 6.07) is 0.519. The Morgan fingerprint density at radius 1 is 1.39 bits per heavy atom. The molecule has 0 aromatic carbocycles. The maximum absolute atomic E-state index is 4.35. The molecule has 1 unspecified atom stereocenters. The highest BCUT2D eigenvalue weighted by molar-refractivity contribution is 5.08. The van der Waals surface area contributed by atoms with Crippen LogP contribution in [-0.2, 0) is 13.5 Å². The molecule has 1 atom stereocenters. The fraction of sp³-hybridized carbons (Fsp3) is 0.583. The van der Waals surface area contributed by atoms with E-state index in [9.17, 15) is 0 Å². The summed E-state index contributed by atoms with van der Waals surface area (Å²) in [6.45, 7) is 4.22. The van der Waals surface area contributed by atoms with Crippen LogP contribution in [0.5, 0.6) is 0 Å². The van der Waals surface area contributed by atoms with Gasteiger partial charge in [0.05, 0.1) is 18.1 Å². The third kappa shape index (κ3) is 2.43. The molecule has 2 heterocycles. The van der Waals surface area contributed by atoms with Crippen molar-refractivity contribution in [2.24, 2.45) is 7.05 Å². The molecule has 98 valence electrons. The first kappa shape index (κ1) is 12.8. The lowest BCUT2D eigenvalue weighted by Gasteiger charge is -2.17. The summed E-state index contributed by atoms with van der Waals surface area (Å²) in [7, 11) is 3.95.